The third-order valence-electron chi connectivity index (χ3n) is 2.48. The molecule has 0 radical (unpaired) electrons. The summed E-state index contributed by atoms with van der Waals surface area (Å²) in [4.78, 5) is 4.38. The molecule has 0 fully saturated rings. The zero-order chi connectivity index (χ0) is 11.8. The Morgan fingerprint density at radius 2 is 1.94 bits per heavy atom. The first kappa shape index (κ1) is 10.2. The van der Waals surface area contributed by atoms with Crippen molar-refractivity contribution in [3.05, 3.63) is 48.3 Å². The van der Waals surface area contributed by atoms with Gasteiger partial charge in [0.15, 0.2) is 0 Å². The molecule has 0 saturated carbocycles. The van der Waals surface area contributed by atoms with Crippen molar-refractivity contribution >= 4 is 21.6 Å². The molecule has 0 bridgehead atoms. The second-order valence-electron chi connectivity index (χ2n) is 3.65. The van der Waals surface area contributed by atoms with Crippen LogP contribution in [0.25, 0.3) is 20.8 Å². The van der Waals surface area contributed by atoms with Crippen molar-refractivity contribution in [1.82, 2.24) is 4.98 Å². The molecular formula is C13H8FNOS. The van der Waals surface area contributed by atoms with Crippen molar-refractivity contribution in [2.24, 2.45) is 0 Å². The number of thiazole rings is 1. The molecule has 3 aromatic rings. The van der Waals surface area contributed by atoms with Gasteiger partial charge in [-0.2, -0.15) is 0 Å². The molecule has 2 aromatic carbocycles. The molecule has 1 aromatic heterocycles. The minimum absolute atomic E-state index is 0.0467. The van der Waals surface area contributed by atoms with Gasteiger partial charge in [0.05, 0.1) is 15.8 Å². The predicted molar refractivity (Wildman–Crippen MR) is 66.7 cm³/mol. The van der Waals surface area contributed by atoms with E-state index in [1.54, 1.807) is 0 Å². The standard InChI is InChI=1S/C13H8FNOS/c14-8-5-6-11(16)9(7-8)13-15-10-3-1-2-4-12(10)17-13/h1-7,16H. The number of fused-ring (bicyclic) bond motifs is 1. The lowest BCUT2D eigenvalue weighted by atomic mass is 10.2. The maximum atomic E-state index is 13.2. The van der Waals surface area contributed by atoms with E-state index in [1.165, 1.54) is 29.5 Å². The summed E-state index contributed by atoms with van der Waals surface area (Å²) in [6.45, 7) is 0. The van der Waals surface area contributed by atoms with Crippen molar-refractivity contribution in [3.8, 4) is 16.3 Å². The zero-order valence-corrected chi connectivity index (χ0v) is 9.54. The van der Waals surface area contributed by atoms with Crippen molar-refractivity contribution in [1.29, 1.82) is 0 Å². The van der Waals surface area contributed by atoms with Crippen LogP contribution >= 0.6 is 11.3 Å². The van der Waals surface area contributed by atoms with E-state index in [1.807, 2.05) is 24.3 Å². The molecular weight excluding hydrogens is 237 g/mol. The molecule has 0 saturated heterocycles. The number of phenols is 1. The van der Waals surface area contributed by atoms with E-state index in [-0.39, 0.29) is 11.6 Å². The number of benzene rings is 2. The van der Waals surface area contributed by atoms with Crippen LogP contribution in [0, 0.1) is 5.82 Å². The lowest BCUT2D eigenvalue weighted by Gasteiger charge is -1.99. The Morgan fingerprint density at radius 1 is 1.12 bits per heavy atom. The zero-order valence-electron chi connectivity index (χ0n) is 8.72. The highest BCUT2D eigenvalue weighted by Crippen LogP contribution is 2.35. The smallest absolute Gasteiger partial charge is 0.128 e. The highest BCUT2D eigenvalue weighted by Gasteiger charge is 2.10. The number of halogens is 1. The predicted octanol–water partition coefficient (Wildman–Crippen LogP) is 3.81. The first-order valence-electron chi connectivity index (χ1n) is 5.08. The van der Waals surface area contributed by atoms with Gasteiger partial charge in [0.1, 0.15) is 16.6 Å². The number of rotatable bonds is 1. The number of phenolic OH excluding ortho intramolecular Hbond substituents is 1. The fourth-order valence-electron chi connectivity index (χ4n) is 1.67. The monoisotopic (exact) mass is 245 g/mol. The lowest BCUT2D eigenvalue weighted by Crippen LogP contribution is -1.80. The van der Waals surface area contributed by atoms with E-state index >= 15 is 0 Å². The van der Waals surface area contributed by atoms with Gasteiger partial charge in [-0.1, -0.05) is 12.1 Å². The average molecular weight is 245 g/mol. The van der Waals surface area contributed by atoms with Gasteiger partial charge in [-0.05, 0) is 30.3 Å². The summed E-state index contributed by atoms with van der Waals surface area (Å²) < 4.78 is 14.2. The van der Waals surface area contributed by atoms with Crippen LogP contribution in [0.2, 0.25) is 0 Å². The fraction of sp³-hybridized carbons (Fsp3) is 0. The fourth-order valence-corrected chi connectivity index (χ4v) is 2.66. The van der Waals surface area contributed by atoms with Crippen LogP contribution < -0.4 is 0 Å². The molecule has 0 aliphatic carbocycles. The Hall–Kier alpha value is -1.94. The summed E-state index contributed by atoms with van der Waals surface area (Å²) in [6.07, 6.45) is 0. The normalized spacial score (nSPS) is 10.9. The Balaban J connectivity index is 2.23. The molecule has 0 amide bonds. The van der Waals surface area contributed by atoms with E-state index in [0.717, 1.165) is 10.2 Å². The Labute approximate surface area is 101 Å². The van der Waals surface area contributed by atoms with Crippen LogP contribution in [0.4, 0.5) is 4.39 Å². The minimum atomic E-state index is -0.378. The van der Waals surface area contributed by atoms with Gasteiger partial charge in [0.2, 0.25) is 0 Å². The Kier molecular flexibility index (Phi) is 2.30. The SMILES string of the molecule is Oc1ccc(F)cc1-c1nc2ccccc2s1. The van der Waals surface area contributed by atoms with Gasteiger partial charge < -0.3 is 5.11 Å². The molecule has 1 heterocycles. The second-order valence-corrected chi connectivity index (χ2v) is 4.68. The van der Waals surface area contributed by atoms with Gasteiger partial charge >= 0.3 is 0 Å². The van der Waals surface area contributed by atoms with Crippen LogP contribution in [-0.2, 0) is 0 Å². The molecule has 2 nitrogen and oxygen atoms in total. The molecule has 17 heavy (non-hydrogen) atoms. The van der Waals surface area contributed by atoms with Gasteiger partial charge in [0, 0.05) is 0 Å². The third kappa shape index (κ3) is 1.76. The van der Waals surface area contributed by atoms with Crippen molar-refractivity contribution in [3.63, 3.8) is 0 Å². The van der Waals surface area contributed by atoms with Gasteiger partial charge in [0.25, 0.3) is 0 Å². The van der Waals surface area contributed by atoms with Gasteiger partial charge in [-0.25, -0.2) is 9.37 Å². The molecule has 0 unspecified atom stereocenters. The number of nitrogens with zero attached hydrogens (tertiary/aromatic N) is 1. The molecule has 1 N–H and O–H groups in total. The van der Waals surface area contributed by atoms with Gasteiger partial charge in [-0.3, -0.25) is 0 Å². The quantitative estimate of drug-likeness (QED) is 0.707. The summed E-state index contributed by atoms with van der Waals surface area (Å²) in [5, 5.41) is 10.3. The van der Waals surface area contributed by atoms with E-state index in [9.17, 15) is 9.50 Å². The molecule has 0 spiro atoms. The van der Waals surface area contributed by atoms with E-state index in [0.29, 0.717) is 10.6 Å². The van der Waals surface area contributed by atoms with Crippen LogP contribution in [0.3, 0.4) is 0 Å². The number of hydrogen-bond acceptors (Lipinski definition) is 3. The lowest BCUT2D eigenvalue weighted by molar-refractivity contribution is 0.475. The number of aromatic nitrogens is 1. The summed E-state index contributed by atoms with van der Waals surface area (Å²) in [5.74, 6) is -0.331. The first-order chi connectivity index (χ1) is 8.24. The molecule has 0 atom stereocenters. The molecule has 4 heteroatoms. The van der Waals surface area contributed by atoms with Crippen molar-refractivity contribution in [2.45, 2.75) is 0 Å². The molecule has 0 aliphatic heterocycles. The number of para-hydroxylation sites is 1. The van der Waals surface area contributed by atoms with E-state index in [2.05, 4.69) is 4.98 Å². The topological polar surface area (TPSA) is 33.1 Å². The van der Waals surface area contributed by atoms with E-state index < -0.39 is 0 Å². The van der Waals surface area contributed by atoms with Crippen molar-refractivity contribution in [2.75, 3.05) is 0 Å². The maximum absolute atomic E-state index is 13.2. The summed E-state index contributed by atoms with van der Waals surface area (Å²) in [7, 11) is 0. The third-order valence-corrected chi connectivity index (χ3v) is 3.55. The van der Waals surface area contributed by atoms with Crippen molar-refractivity contribution < 1.29 is 9.50 Å². The van der Waals surface area contributed by atoms with Crippen LogP contribution in [-0.4, -0.2) is 10.1 Å². The summed E-state index contributed by atoms with van der Waals surface area (Å²) in [6, 6.07) is 11.5. The van der Waals surface area contributed by atoms with E-state index in [4.69, 9.17) is 0 Å². The second kappa shape index (κ2) is 3.82. The largest absolute Gasteiger partial charge is 0.507 e. The van der Waals surface area contributed by atoms with Crippen LogP contribution in [0.15, 0.2) is 42.5 Å². The highest BCUT2D eigenvalue weighted by atomic mass is 32.1. The maximum Gasteiger partial charge on any atom is 0.128 e. The number of aromatic hydroxyl groups is 1. The molecule has 0 aliphatic rings. The minimum Gasteiger partial charge on any atom is -0.507 e. The van der Waals surface area contributed by atoms with Crippen LogP contribution in [0.1, 0.15) is 0 Å². The van der Waals surface area contributed by atoms with Crippen LogP contribution in [0.5, 0.6) is 5.75 Å². The summed E-state index contributed by atoms with van der Waals surface area (Å²) >= 11 is 1.44. The highest BCUT2D eigenvalue weighted by molar-refractivity contribution is 7.21. The Morgan fingerprint density at radius 3 is 2.76 bits per heavy atom. The molecule has 3 rings (SSSR count). The van der Waals surface area contributed by atoms with Gasteiger partial charge in [-0.15, -0.1) is 11.3 Å². The Bertz CT molecular complexity index is 660. The first-order valence-corrected chi connectivity index (χ1v) is 5.90. The molecule has 84 valence electrons. The summed E-state index contributed by atoms with van der Waals surface area (Å²) in [5.41, 5.74) is 1.29. The number of hydrogen-bond donors (Lipinski definition) is 1. The average Bonchev–Trinajstić information content (AvgIpc) is 2.75.